The topological polar surface area (TPSA) is 121 Å². The van der Waals surface area contributed by atoms with Gasteiger partial charge in [-0.2, -0.15) is 0 Å². The van der Waals surface area contributed by atoms with Crippen LogP contribution < -0.4 is 10.1 Å². The zero-order valence-electron chi connectivity index (χ0n) is 13.6. The number of ether oxygens (including phenoxy) is 2. The summed E-state index contributed by atoms with van der Waals surface area (Å²) in [5, 5.41) is 13.5. The quantitative estimate of drug-likeness (QED) is 0.464. The van der Waals surface area contributed by atoms with Crippen molar-refractivity contribution in [1.82, 2.24) is 0 Å². The Bertz CT molecular complexity index is 798. The lowest BCUT2D eigenvalue weighted by Crippen LogP contribution is -2.21. The molecular weight excluding hydrogens is 332 g/mol. The molecule has 2 rings (SSSR count). The van der Waals surface area contributed by atoms with E-state index in [2.05, 4.69) is 5.32 Å². The molecule has 1 aromatic carbocycles. The molecule has 1 N–H and O–H groups in total. The van der Waals surface area contributed by atoms with E-state index in [1.807, 2.05) is 0 Å². The molecule has 1 amide bonds. The molecule has 1 aromatic heterocycles. The largest absolute Gasteiger partial charge is 0.494 e. The zero-order chi connectivity index (χ0) is 18.4. The number of carbonyl (C=O) groups excluding carboxylic acids is 2. The lowest BCUT2D eigenvalue weighted by molar-refractivity contribution is -0.384. The van der Waals surface area contributed by atoms with E-state index < -0.39 is 23.4 Å². The van der Waals surface area contributed by atoms with Crippen LogP contribution in [0.5, 0.6) is 5.75 Å². The molecule has 9 nitrogen and oxygen atoms in total. The SMILES string of the molecule is CCOc1ccc(NC(=O)COC(=O)c2ccoc2C)c([N+](=O)[O-])c1. The van der Waals surface area contributed by atoms with E-state index in [0.717, 1.165) is 0 Å². The molecule has 0 saturated carbocycles. The summed E-state index contributed by atoms with van der Waals surface area (Å²) in [6, 6.07) is 5.48. The third-order valence-electron chi connectivity index (χ3n) is 3.16. The first-order valence-corrected chi connectivity index (χ1v) is 7.34. The van der Waals surface area contributed by atoms with Gasteiger partial charge in [-0.05, 0) is 32.0 Å². The molecule has 0 atom stereocenters. The van der Waals surface area contributed by atoms with Crippen molar-refractivity contribution in [2.75, 3.05) is 18.5 Å². The summed E-state index contributed by atoms with van der Waals surface area (Å²) in [5.41, 5.74) is -0.134. The highest BCUT2D eigenvalue weighted by Gasteiger charge is 2.19. The summed E-state index contributed by atoms with van der Waals surface area (Å²) >= 11 is 0. The molecule has 0 fully saturated rings. The second kappa shape index (κ2) is 7.95. The van der Waals surface area contributed by atoms with Gasteiger partial charge in [-0.15, -0.1) is 0 Å². The Morgan fingerprint density at radius 3 is 2.68 bits per heavy atom. The molecule has 0 spiro atoms. The van der Waals surface area contributed by atoms with Gasteiger partial charge in [0.1, 0.15) is 22.8 Å². The van der Waals surface area contributed by atoms with E-state index in [9.17, 15) is 19.7 Å². The van der Waals surface area contributed by atoms with E-state index in [1.54, 1.807) is 13.8 Å². The molecule has 0 aliphatic carbocycles. The number of hydrogen-bond acceptors (Lipinski definition) is 7. The van der Waals surface area contributed by atoms with E-state index in [4.69, 9.17) is 13.9 Å². The summed E-state index contributed by atoms with van der Waals surface area (Å²) in [7, 11) is 0. The number of nitrogens with one attached hydrogen (secondary N) is 1. The van der Waals surface area contributed by atoms with Gasteiger partial charge >= 0.3 is 5.97 Å². The van der Waals surface area contributed by atoms with Gasteiger partial charge in [-0.1, -0.05) is 0 Å². The number of anilines is 1. The maximum Gasteiger partial charge on any atom is 0.342 e. The molecular formula is C16H16N2O7. The molecule has 0 aliphatic heterocycles. The van der Waals surface area contributed by atoms with E-state index >= 15 is 0 Å². The second-order valence-electron chi connectivity index (χ2n) is 4.88. The van der Waals surface area contributed by atoms with Crippen LogP contribution in [0, 0.1) is 17.0 Å². The first kappa shape index (κ1) is 18.0. The lowest BCUT2D eigenvalue weighted by Gasteiger charge is -2.08. The fraction of sp³-hybridized carbons (Fsp3) is 0.250. The van der Waals surface area contributed by atoms with Gasteiger partial charge in [0.2, 0.25) is 0 Å². The highest BCUT2D eigenvalue weighted by Crippen LogP contribution is 2.29. The Morgan fingerprint density at radius 1 is 1.32 bits per heavy atom. The maximum absolute atomic E-state index is 11.9. The summed E-state index contributed by atoms with van der Waals surface area (Å²) < 4.78 is 15.0. The first-order chi connectivity index (χ1) is 11.9. The van der Waals surface area contributed by atoms with Gasteiger partial charge < -0.3 is 19.2 Å². The van der Waals surface area contributed by atoms with Crippen molar-refractivity contribution in [2.45, 2.75) is 13.8 Å². The molecule has 132 valence electrons. The Kier molecular flexibility index (Phi) is 5.72. The Hall–Kier alpha value is -3.36. The number of amides is 1. The summed E-state index contributed by atoms with van der Waals surface area (Å²) in [5.74, 6) is -0.744. The van der Waals surface area contributed by atoms with Crippen LogP contribution in [0.2, 0.25) is 0 Å². The third-order valence-corrected chi connectivity index (χ3v) is 3.16. The summed E-state index contributed by atoms with van der Waals surface area (Å²) in [4.78, 5) is 34.2. The van der Waals surface area contributed by atoms with Crippen LogP contribution in [0.15, 0.2) is 34.9 Å². The first-order valence-electron chi connectivity index (χ1n) is 7.34. The molecule has 0 unspecified atom stereocenters. The Balaban J connectivity index is 2.01. The zero-order valence-corrected chi connectivity index (χ0v) is 13.6. The van der Waals surface area contributed by atoms with Crippen molar-refractivity contribution >= 4 is 23.3 Å². The van der Waals surface area contributed by atoms with Crippen LogP contribution in [-0.2, 0) is 9.53 Å². The molecule has 0 saturated heterocycles. The van der Waals surface area contributed by atoms with Gasteiger partial charge in [-0.25, -0.2) is 4.79 Å². The highest BCUT2D eigenvalue weighted by molar-refractivity contribution is 5.97. The van der Waals surface area contributed by atoms with Crippen molar-refractivity contribution in [1.29, 1.82) is 0 Å². The predicted octanol–water partition coefficient (Wildman–Crippen LogP) is 2.69. The number of benzene rings is 1. The Morgan fingerprint density at radius 2 is 2.08 bits per heavy atom. The molecule has 9 heteroatoms. The number of esters is 1. The predicted molar refractivity (Wildman–Crippen MR) is 86.6 cm³/mol. The van der Waals surface area contributed by atoms with Crippen molar-refractivity contribution in [3.05, 3.63) is 52.0 Å². The van der Waals surface area contributed by atoms with Crippen LogP contribution in [0.3, 0.4) is 0 Å². The molecule has 0 aliphatic rings. The number of nitro groups is 1. The highest BCUT2D eigenvalue weighted by atomic mass is 16.6. The smallest absolute Gasteiger partial charge is 0.342 e. The number of nitrogens with zero attached hydrogens (tertiary/aromatic N) is 1. The fourth-order valence-corrected chi connectivity index (χ4v) is 2.02. The molecule has 25 heavy (non-hydrogen) atoms. The molecule has 0 bridgehead atoms. The molecule has 0 radical (unpaired) electrons. The van der Waals surface area contributed by atoms with Crippen molar-refractivity contribution in [2.24, 2.45) is 0 Å². The van der Waals surface area contributed by atoms with Gasteiger partial charge in [0.15, 0.2) is 6.61 Å². The Labute approximate surface area is 142 Å². The summed E-state index contributed by atoms with van der Waals surface area (Å²) in [6.07, 6.45) is 1.33. The van der Waals surface area contributed by atoms with E-state index in [1.165, 1.54) is 30.5 Å². The van der Waals surface area contributed by atoms with Crippen molar-refractivity contribution < 1.29 is 28.4 Å². The minimum Gasteiger partial charge on any atom is -0.494 e. The molecule has 1 heterocycles. The van der Waals surface area contributed by atoms with Gasteiger partial charge in [0.25, 0.3) is 11.6 Å². The van der Waals surface area contributed by atoms with Crippen LogP contribution in [0.4, 0.5) is 11.4 Å². The fourth-order valence-electron chi connectivity index (χ4n) is 2.02. The lowest BCUT2D eigenvalue weighted by atomic mass is 10.2. The number of rotatable bonds is 7. The van der Waals surface area contributed by atoms with Gasteiger partial charge in [0.05, 0.1) is 23.9 Å². The monoisotopic (exact) mass is 348 g/mol. The second-order valence-corrected chi connectivity index (χ2v) is 4.88. The minimum absolute atomic E-state index is 0.0195. The average molecular weight is 348 g/mol. The van der Waals surface area contributed by atoms with Crippen LogP contribution in [0.25, 0.3) is 0 Å². The normalized spacial score (nSPS) is 10.2. The number of nitro benzene ring substituents is 1. The third kappa shape index (κ3) is 4.56. The van der Waals surface area contributed by atoms with E-state index in [-0.39, 0.29) is 16.9 Å². The number of furan rings is 1. The minimum atomic E-state index is -0.720. The number of aryl methyl sites for hydroxylation is 1. The standard InChI is InChI=1S/C16H16N2O7/c1-3-23-11-4-5-13(14(8-11)18(21)22)17-15(19)9-25-16(20)12-6-7-24-10(12)2/h4-8H,3,9H2,1-2H3,(H,17,19). The van der Waals surface area contributed by atoms with E-state index in [0.29, 0.717) is 18.1 Å². The van der Waals surface area contributed by atoms with Crippen LogP contribution in [0.1, 0.15) is 23.0 Å². The van der Waals surface area contributed by atoms with Crippen molar-refractivity contribution in [3.8, 4) is 5.75 Å². The van der Waals surface area contributed by atoms with Crippen LogP contribution >= 0.6 is 0 Å². The molecule has 2 aromatic rings. The number of hydrogen-bond donors (Lipinski definition) is 1. The van der Waals surface area contributed by atoms with Crippen molar-refractivity contribution in [3.63, 3.8) is 0 Å². The van der Waals surface area contributed by atoms with Gasteiger partial charge in [0, 0.05) is 0 Å². The average Bonchev–Trinajstić information content (AvgIpc) is 3.00. The van der Waals surface area contributed by atoms with Crippen LogP contribution in [-0.4, -0.2) is 30.0 Å². The maximum atomic E-state index is 11.9. The summed E-state index contributed by atoms with van der Waals surface area (Å²) in [6.45, 7) is 3.09. The number of carbonyl (C=O) groups is 2. The van der Waals surface area contributed by atoms with Gasteiger partial charge in [-0.3, -0.25) is 14.9 Å².